The van der Waals surface area contributed by atoms with E-state index in [0.29, 0.717) is 12.2 Å². The molecule has 3 rings (SSSR count). The molecule has 0 bridgehead atoms. The van der Waals surface area contributed by atoms with E-state index < -0.39 is 11.6 Å². The Hall–Kier alpha value is -2.68. The average Bonchev–Trinajstić information content (AvgIpc) is 2.62. The smallest absolute Gasteiger partial charge is 0.166 e. The Morgan fingerprint density at radius 1 is 0.792 bits per heavy atom. The molecule has 0 radical (unpaired) electrons. The highest BCUT2D eigenvalue weighted by Gasteiger charge is 2.14. The van der Waals surface area contributed by atoms with Gasteiger partial charge in [-0.25, -0.2) is 8.78 Å². The van der Waals surface area contributed by atoms with Crippen molar-refractivity contribution in [1.82, 2.24) is 0 Å². The van der Waals surface area contributed by atoms with Gasteiger partial charge in [0.1, 0.15) is 5.75 Å². The van der Waals surface area contributed by atoms with E-state index in [2.05, 4.69) is 0 Å². The summed E-state index contributed by atoms with van der Waals surface area (Å²) in [6, 6.07) is 19.3. The summed E-state index contributed by atoms with van der Waals surface area (Å²) in [5.74, 6) is -0.908. The molecule has 0 amide bonds. The van der Waals surface area contributed by atoms with Crippen LogP contribution in [0.5, 0.6) is 5.75 Å². The summed E-state index contributed by atoms with van der Waals surface area (Å²) in [5.41, 5.74) is 2.65. The van der Waals surface area contributed by atoms with E-state index in [1.165, 1.54) is 6.07 Å². The molecular weight excluding hydrogens is 306 g/mol. The lowest BCUT2D eigenvalue weighted by Gasteiger charge is -2.12. The highest BCUT2D eigenvalue weighted by Crippen LogP contribution is 2.35. The maximum absolute atomic E-state index is 14.2. The highest BCUT2D eigenvalue weighted by molar-refractivity contribution is 5.84. The van der Waals surface area contributed by atoms with Crippen LogP contribution in [0.3, 0.4) is 0 Å². The SMILES string of the molecule is CCCOc1cccc(-c2ccccc2-c2cccc(F)c2F)c1. The predicted molar refractivity (Wildman–Crippen MR) is 93.0 cm³/mol. The Balaban J connectivity index is 2.09. The molecule has 0 saturated carbocycles. The molecule has 0 aromatic heterocycles. The fraction of sp³-hybridized carbons (Fsp3) is 0.143. The molecule has 3 aromatic rings. The van der Waals surface area contributed by atoms with Gasteiger partial charge >= 0.3 is 0 Å². The lowest BCUT2D eigenvalue weighted by molar-refractivity contribution is 0.317. The van der Waals surface area contributed by atoms with Gasteiger partial charge in [0.05, 0.1) is 6.61 Å². The lowest BCUT2D eigenvalue weighted by atomic mass is 9.94. The zero-order valence-electron chi connectivity index (χ0n) is 13.4. The Morgan fingerprint density at radius 3 is 2.29 bits per heavy atom. The number of rotatable bonds is 5. The van der Waals surface area contributed by atoms with E-state index in [0.717, 1.165) is 29.4 Å². The van der Waals surface area contributed by atoms with Crippen LogP contribution in [-0.4, -0.2) is 6.61 Å². The molecule has 0 saturated heterocycles. The molecule has 0 aliphatic carbocycles. The molecule has 0 spiro atoms. The lowest BCUT2D eigenvalue weighted by Crippen LogP contribution is -1.95. The topological polar surface area (TPSA) is 9.23 Å². The fourth-order valence-corrected chi connectivity index (χ4v) is 2.65. The molecular formula is C21H18F2O. The van der Waals surface area contributed by atoms with E-state index in [4.69, 9.17) is 4.74 Å². The largest absolute Gasteiger partial charge is 0.494 e. The zero-order chi connectivity index (χ0) is 16.9. The van der Waals surface area contributed by atoms with Gasteiger partial charge in [-0.05, 0) is 41.3 Å². The van der Waals surface area contributed by atoms with Gasteiger partial charge in [0.25, 0.3) is 0 Å². The molecule has 0 fully saturated rings. The normalized spacial score (nSPS) is 10.6. The van der Waals surface area contributed by atoms with Crippen LogP contribution in [0.1, 0.15) is 13.3 Å². The second-order valence-electron chi connectivity index (χ2n) is 5.52. The number of ether oxygens (including phenoxy) is 1. The quantitative estimate of drug-likeness (QED) is 0.552. The van der Waals surface area contributed by atoms with Crippen LogP contribution in [0, 0.1) is 11.6 Å². The summed E-state index contributed by atoms with van der Waals surface area (Å²) >= 11 is 0. The van der Waals surface area contributed by atoms with Crippen LogP contribution in [0.2, 0.25) is 0 Å². The summed E-state index contributed by atoms with van der Waals surface area (Å²) in [4.78, 5) is 0. The van der Waals surface area contributed by atoms with Crippen LogP contribution >= 0.6 is 0 Å². The van der Waals surface area contributed by atoms with Crippen molar-refractivity contribution < 1.29 is 13.5 Å². The number of halogens is 2. The van der Waals surface area contributed by atoms with Crippen molar-refractivity contribution in [2.24, 2.45) is 0 Å². The number of benzene rings is 3. The first-order valence-corrected chi connectivity index (χ1v) is 7.97. The first kappa shape index (κ1) is 16.2. The molecule has 0 N–H and O–H groups in total. The van der Waals surface area contributed by atoms with Crippen molar-refractivity contribution in [3.63, 3.8) is 0 Å². The molecule has 0 heterocycles. The molecule has 0 atom stereocenters. The Kier molecular flexibility index (Phi) is 4.90. The van der Waals surface area contributed by atoms with Crippen molar-refractivity contribution in [1.29, 1.82) is 0 Å². The van der Waals surface area contributed by atoms with Crippen LogP contribution in [-0.2, 0) is 0 Å². The third kappa shape index (κ3) is 3.30. The summed E-state index contributed by atoms with van der Waals surface area (Å²) < 4.78 is 33.5. The predicted octanol–water partition coefficient (Wildman–Crippen LogP) is 6.09. The minimum atomic E-state index is -0.845. The van der Waals surface area contributed by atoms with Crippen molar-refractivity contribution in [3.8, 4) is 28.0 Å². The van der Waals surface area contributed by atoms with Gasteiger partial charge in [-0.15, -0.1) is 0 Å². The summed E-state index contributed by atoms with van der Waals surface area (Å²) in [6.45, 7) is 2.69. The first-order chi connectivity index (χ1) is 11.7. The molecule has 24 heavy (non-hydrogen) atoms. The van der Waals surface area contributed by atoms with Gasteiger partial charge in [0.2, 0.25) is 0 Å². The Morgan fingerprint density at radius 2 is 1.50 bits per heavy atom. The fourth-order valence-electron chi connectivity index (χ4n) is 2.65. The molecule has 3 heteroatoms. The van der Waals surface area contributed by atoms with Gasteiger partial charge in [0.15, 0.2) is 11.6 Å². The second-order valence-corrected chi connectivity index (χ2v) is 5.52. The monoisotopic (exact) mass is 324 g/mol. The van der Waals surface area contributed by atoms with Crippen molar-refractivity contribution in [2.75, 3.05) is 6.61 Å². The van der Waals surface area contributed by atoms with Crippen molar-refractivity contribution >= 4 is 0 Å². The molecule has 1 nitrogen and oxygen atoms in total. The van der Waals surface area contributed by atoms with Crippen LogP contribution in [0.15, 0.2) is 66.7 Å². The van der Waals surface area contributed by atoms with Crippen LogP contribution in [0.4, 0.5) is 8.78 Å². The number of hydrogen-bond acceptors (Lipinski definition) is 1. The van der Waals surface area contributed by atoms with E-state index >= 15 is 0 Å². The average molecular weight is 324 g/mol. The molecule has 0 aliphatic heterocycles. The zero-order valence-corrected chi connectivity index (χ0v) is 13.4. The Bertz CT molecular complexity index is 843. The van der Waals surface area contributed by atoms with E-state index in [1.54, 1.807) is 12.1 Å². The van der Waals surface area contributed by atoms with E-state index in [1.807, 2.05) is 49.4 Å². The minimum Gasteiger partial charge on any atom is -0.494 e. The standard InChI is InChI=1S/C21H18F2O/c1-2-13-24-16-8-5-7-15(14-16)17-9-3-4-10-18(17)19-11-6-12-20(22)21(19)23/h3-12,14H,2,13H2,1H3. The van der Waals surface area contributed by atoms with Crippen molar-refractivity contribution in [3.05, 3.63) is 78.4 Å². The molecule has 122 valence electrons. The maximum Gasteiger partial charge on any atom is 0.166 e. The van der Waals surface area contributed by atoms with Gasteiger partial charge in [0, 0.05) is 5.56 Å². The van der Waals surface area contributed by atoms with Crippen LogP contribution < -0.4 is 4.74 Å². The molecule has 0 aliphatic rings. The van der Waals surface area contributed by atoms with E-state index in [9.17, 15) is 8.78 Å². The van der Waals surface area contributed by atoms with E-state index in [-0.39, 0.29) is 5.56 Å². The van der Waals surface area contributed by atoms with Crippen molar-refractivity contribution in [2.45, 2.75) is 13.3 Å². The van der Waals surface area contributed by atoms with Gasteiger partial charge in [-0.3, -0.25) is 0 Å². The second kappa shape index (κ2) is 7.26. The number of hydrogen-bond donors (Lipinski definition) is 0. The highest BCUT2D eigenvalue weighted by atomic mass is 19.2. The van der Waals surface area contributed by atoms with Gasteiger partial charge in [-0.2, -0.15) is 0 Å². The Labute approximate surface area is 140 Å². The van der Waals surface area contributed by atoms with Gasteiger partial charge < -0.3 is 4.74 Å². The summed E-state index contributed by atoms with van der Waals surface area (Å²) in [7, 11) is 0. The third-order valence-electron chi connectivity index (χ3n) is 3.79. The summed E-state index contributed by atoms with van der Waals surface area (Å²) in [6.07, 6.45) is 0.926. The summed E-state index contributed by atoms with van der Waals surface area (Å²) in [5, 5.41) is 0. The van der Waals surface area contributed by atoms with Crippen LogP contribution in [0.25, 0.3) is 22.3 Å². The minimum absolute atomic E-state index is 0.255. The first-order valence-electron chi connectivity index (χ1n) is 7.97. The maximum atomic E-state index is 14.2. The molecule has 0 unspecified atom stereocenters. The van der Waals surface area contributed by atoms with Gasteiger partial charge in [-0.1, -0.05) is 55.5 Å². The molecule has 3 aromatic carbocycles. The third-order valence-corrected chi connectivity index (χ3v) is 3.79.